The molecule has 0 saturated carbocycles. The molecule has 0 aromatic heterocycles. The van der Waals surface area contributed by atoms with E-state index in [1.807, 2.05) is 41.5 Å². The van der Waals surface area contributed by atoms with Crippen LogP contribution in [0.4, 0.5) is 0 Å². The fraction of sp³-hybridized carbons (Fsp3) is 0.650. The van der Waals surface area contributed by atoms with Crippen LogP contribution in [0, 0.1) is 0 Å². The second-order valence-electron chi connectivity index (χ2n) is 7.58. The van der Waals surface area contributed by atoms with Crippen LogP contribution >= 0.6 is 0 Å². The lowest BCUT2D eigenvalue weighted by Crippen LogP contribution is -2.41. The summed E-state index contributed by atoms with van der Waals surface area (Å²) in [5, 5.41) is 10.7. The van der Waals surface area contributed by atoms with E-state index in [-0.39, 0.29) is 23.0 Å². The minimum Gasteiger partial charge on any atom is -0.504 e. The standard InChI is InChI=1S/C18H26BNO6.C2H6/c1-17(2)18(3,4)26-19(25-17)13-7-6-12(14(21)15(13)23-5)16(22)20-8-10-24-11-9-20;1-2/h6-7,21H,8-11H2,1-5H3;1-2H3. The van der Waals surface area contributed by atoms with Gasteiger partial charge in [0.1, 0.15) is 0 Å². The van der Waals surface area contributed by atoms with Gasteiger partial charge in [-0.3, -0.25) is 4.79 Å². The molecule has 1 aromatic carbocycles. The van der Waals surface area contributed by atoms with Crippen molar-refractivity contribution in [3.63, 3.8) is 0 Å². The Balaban J connectivity index is 0.00000136. The maximum absolute atomic E-state index is 12.7. The van der Waals surface area contributed by atoms with E-state index < -0.39 is 18.3 Å². The van der Waals surface area contributed by atoms with Crippen molar-refractivity contribution in [3.8, 4) is 11.5 Å². The van der Waals surface area contributed by atoms with Gasteiger partial charge >= 0.3 is 7.12 Å². The number of phenols is 1. The third-order valence-electron chi connectivity index (χ3n) is 5.40. The molecule has 0 unspecified atom stereocenters. The zero-order valence-corrected chi connectivity index (χ0v) is 18.0. The van der Waals surface area contributed by atoms with Gasteiger partial charge in [-0.05, 0) is 33.8 Å². The van der Waals surface area contributed by atoms with E-state index in [4.69, 9.17) is 18.8 Å². The molecular formula is C20H32BNO6. The van der Waals surface area contributed by atoms with Crippen molar-refractivity contribution in [2.75, 3.05) is 33.4 Å². The summed E-state index contributed by atoms with van der Waals surface area (Å²) in [6.45, 7) is 13.8. The molecule has 7 nitrogen and oxygen atoms in total. The maximum atomic E-state index is 12.7. The number of morpholine rings is 1. The molecule has 156 valence electrons. The largest absolute Gasteiger partial charge is 0.504 e. The Kier molecular flexibility index (Phi) is 7.01. The van der Waals surface area contributed by atoms with E-state index in [9.17, 15) is 9.90 Å². The maximum Gasteiger partial charge on any atom is 0.498 e. The van der Waals surface area contributed by atoms with Gasteiger partial charge in [-0.15, -0.1) is 0 Å². The molecule has 3 rings (SSSR count). The Bertz CT molecular complexity index is 684. The molecule has 2 aliphatic rings. The number of rotatable bonds is 3. The molecule has 2 aliphatic heterocycles. The van der Waals surface area contributed by atoms with Gasteiger partial charge in [0, 0.05) is 18.6 Å². The van der Waals surface area contributed by atoms with Gasteiger partial charge in [-0.1, -0.05) is 19.9 Å². The minimum absolute atomic E-state index is 0.197. The predicted molar refractivity (Wildman–Crippen MR) is 108 cm³/mol. The first kappa shape index (κ1) is 22.5. The first-order valence-corrected chi connectivity index (χ1v) is 9.80. The number of carbonyl (C=O) groups is 1. The first-order valence-electron chi connectivity index (χ1n) is 9.80. The molecule has 1 amide bonds. The summed E-state index contributed by atoms with van der Waals surface area (Å²) < 4.78 is 22.7. The highest BCUT2D eigenvalue weighted by Crippen LogP contribution is 2.38. The second-order valence-corrected chi connectivity index (χ2v) is 7.58. The molecule has 2 heterocycles. The SMILES string of the molecule is CC.COc1c(B2OC(C)(C)C(C)(C)O2)ccc(C(=O)N2CCOCC2)c1O. The number of nitrogens with zero attached hydrogens (tertiary/aromatic N) is 1. The second kappa shape index (κ2) is 8.72. The molecule has 2 fully saturated rings. The van der Waals surface area contributed by atoms with Gasteiger partial charge in [0.2, 0.25) is 0 Å². The minimum atomic E-state index is -0.687. The number of aromatic hydroxyl groups is 1. The molecule has 0 radical (unpaired) electrons. The molecule has 8 heteroatoms. The number of phenolic OH excluding ortho intramolecular Hbond substituents is 1. The molecule has 0 aliphatic carbocycles. The van der Waals surface area contributed by atoms with Crippen LogP contribution in [-0.2, 0) is 14.0 Å². The van der Waals surface area contributed by atoms with Crippen LogP contribution in [0.25, 0.3) is 0 Å². The van der Waals surface area contributed by atoms with Crippen molar-refractivity contribution in [1.29, 1.82) is 0 Å². The highest BCUT2D eigenvalue weighted by Gasteiger charge is 2.52. The van der Waals surface area contributed by atoms with Gasteiger partial charge in [0.05, 0.1) is 37.1 Å². The van der Waals surface area contributed by atoms with E-state index >= 15 is 0 Å². The fourth-order valence-corrected chi connectivity index (χ4v) is 3.07. The van der Waals surface area contributed by atoms with Gasteiger partial charge in [-0.25, -0.2) is 0 Å². The van der Waals surface area contributed by atoms with Gasteiger partial charge < -0.3 is 28.8 Å². The summed E-state index contributed by atoms with van der Waals surface area (Å²) >= 11 is 0. The zero-order valence-electron chi connectivity index (χ0n) is 18.0. The van der Waals surface area contributed by atoms with Crippen LogP contribution in [0.1, 0.15) is 51.9 Å². The van der Waals surface area contributed by atoms with Gasteiger partial charge in [0.15, 0.2) is 11.5 Å². The normalized spacial score (nSPS) is 20.4. The fourth-order valence-electron chi connectivity index (χ4n) is 3.07. The molecular weight excluding hydrogens is 361 g/mol. The van der Waals surface area contributed by atoms with Crippen molar-refractivity contribution < 1.29 is 28.7 Å². The number of methoxy groups -OCH3 is 1. The van der Waals surface area contributed by atoms with Crippen molar-refractivity contribution in [3.05, 3.63) is 17.7 Å². The van der Waals surface area contributed by atoms with Crippen molar-refractivity contribution >= 4 is 18.5 Å². The molecule has 2 saturated heterocycles. The average molecular weight is 393 g/mol. The van der Waals surface area contributed by atoms with E-state index in [2.05, 4.69) is 0 Å². The van der Waals surface area contributed by atoms with Crippen molar-refractivity contribution in [2.24, 2.45) is 0 Å². The number of amides is 1. The Morgan fingerprint density at radius 3 is 2.14 bits per heavy atom. The van der Waals surface area contributed by atoms with Crippen LogP contribution in [-0.4, -0.2) is 67.6 Å². The summed E-state index contributed by atoms with van der Waals surface area (Å²) in [7, 11) is 0.764. The topological polar surface area (TPSA) is 77.5 Å². The smallest absolute Gasteiger partial charge is 0.498 e. The quantitative estimate of drug-likeness (QED) is 0.794. The van der Waals surface area contributed by atoms with Crippen LogP contribution < -0.4 is 10.2 Å². The summed E-state index contributed by atoms with van der Waals surface area (Å²) in [6, 6.07) is 3.31. The molecule has 1 N–H and O–H groups in total. The molecule has 28 heavy (non-hydrogen) atoms. The van der Waals surface area contributed by atoms with Crippen LogP contribution in [0.5, 0.6) is 11.5 Å². The van der Waals surface area contributed by atoms with Crippen molar-refractivity contribution in [1.82, 2.24) is 4.90 Å². The third kappa shape index (κ3) is 4.14. The molecule has 0 atom stereocenters. The average Bonchev–Trinajstić information content (AvgIpc) is 2.90. The lowest BCUT2D eigenvalue weighted by Gasteiger charge is -2.32. The first-order chi connectivity index (χ1) is 13.2. The monoisotopic (exact) mass is 393 g/mol. The Morgan fingerprint density at radius 1 is 1.11 bits per heavy atom. The zero-order chi connectivity index (χ0) is 21.1. The Labute approximate surface area is 168 Å². The Morgan fingerprint density at radius 2 is 1.64 bits per heavy atom. The summed E-state index contributed by atoms with van der Waals surface area (Å²) in [4.78, 5) is 14.4. The van der Waals surface area contributed by atoms with E-state index in [1.54, 1.807) is 17.0 Å². The summed E-state index contributed by atoms with van der Waals surface area (Å²) in [5.74, 6) is -0.247. The van der Waals surface area contributed by atoms with Gasteiger partial charge in [-0.2, -0.15) is 0 Å². The molecule has 1 aromatic rings. The van der Waals surface area contributed by atoms with E-state index in [0.29, 0.717) is 31.8 Å². The summed E-state index contributed by atoms with van der Waals surface area (Å²) in [5.41, 5.74) is -0.271. The predicted octanol–water partition coefficient (Wildman–Crippen LogP) is 2.20. The number of ether oxygens (including phenoxy) is 2. The Hall–Kier alpha value is -1.77. The summed E-state index contributed by atoms with van der Waals surface area (Å²) in [6.07, 6.45) is 0. The lowest BCUT2D eigenvalue weighted by atomic mass is 9.77. The molecule has 0 bridgehead atoms. The third-order valence-corrected chi connectivity index (χ3v) is 5.40. The van der Waals surface area contributed by atoms with Gasteiger partial charge in [0.25, 0.3) is 5.91 Å². The number of carbonyl (C=O) groups excluding carboxylic acids is 1. The molecule has 0 spiro atoms. The highest BCUT2D eigenvalue weighted by atomic mass is 16.7. The highest BCUT2D eigenvalue weighted by molar-refractivity contribution is 6.63. The van der Waals surface area contributed by atoms with Crippen LogP contribution in [0.2, 0.25) is 0 Å². The van der Waals surface area contributed by atoms with E-state index in [0.717, 1.165) is 0 Å². The van der Waals surface area contributed by atoms with Crippen LogP contribution in [0.3, 0.4) is 0 Å². The number of hydrogen-bond acceptors (Lipinski definition) is 6. The van der Waals surface area contributed by atoms with E-state index in [1.165, 1.54) is 7.11 Å². The lowest BCUT2D eigenvalue weighted by molar-refractivity contribution is 0.00578. The van der Waals surface area contributed by atoms with Crippen LogP contribution in [0.15, 0.2) is 12.1 Å². The number of benzene rings is 1. The number of hydrogen-bond donors (Lipinski definition) is 1. The van der Waals surface area contributed by atoms with Crippen molar-refractivity contribution in [2.45, 2.75) is 52.7 Å².